The van der Waals surface area contributed by atoms with Crippen LogP contribution in [-0.4, -0.2) is 70.7 Å². The summed E-state index contributed by atoms with van der Waals surface area (Å²) in [6.07, 6.45) is 42.3. The Morgan fingerprint density at radius 1 is 0.640 bits per heavy atom. The van der Waals surface area contributed by atoms with Gasteiger partial charge in [0.25, 0.3) is 7.82 Å². The van der Waals surface area contributed by atoms with E-state index in [1.54, 1.807) is 6.08 Å². The summed E-state index contributed by atoms with van der Waals surface area (Å²) in [7, 11) is 1.28. The number of likely N-dealkylation sites (N-methyl/N-ethyl adjacent to an activating group) is 1. The maximum absolute atomic E-state index is 12.5. The molecule has 0 amide bonds. The Hall–Kier alpha value is -2.06. The molecule has 0 saturated heterocycles. The van der Waals surface area contributed by atoms with Gasteiger partial charge in [-0.1, -0.05) is 125 Å². The van der Waals surface area contributed by atoms with Crippen molar-refractivity contribution in [2.45, 2.75) is 129 Å². The zero-order valence-corrected chi connectivity index (χ0v) is 33.2. The Kier molecular flexibility index (Phi) is 32.6. The van der Waals surface area contributed by atoms with Crippen LogP contribution in [0.4, 0.5) is 0 Å². The van der Waals surface area contributed by atoms with Gasteiger partial charge in [-0.25, -0.2) is 0 Å². The molecule has 288 valence electrons. The zero-order chi connectivity index (χ0) is 37.0. The van der Waals surface area contributed by atoms with Crippen molar-refractivity contribution in [3.05, 3.63) is 72.9 Å². The van der Waals surface area contributed by atoms with E-state index in [4.69, 9.17) is 18.5 Å². The van der Waals surface area contributed by atoms with Crippen LogP contribution in [0, 0.1) is 0 Å². The second-order valence-corrected chi connectivity index (χ2v) is 15.0. The Bertz CT molecular complexity index is 1030. The van der Waals surface area contributed by atoms with Crippen molar-refractivity contribution in [2.24, 2.45) is 0 Å². The van der Waals surface area contributed by atoms with Crippen LogP contribution in [0.3, 0.4) is 0 Å². The molecule has 0 radical (unpaired) electrons. The number of nitrogens with zero attached hydrogens (tertiary/aromatic N) is 1. The number of ether oxygens (including phenoxy) is 2. The lowest BCUT2D eigenvalue weighted by atomic mass is 10.1. The van der Waals surface area contributed by atoms with Crippen LogP contribution in [0.15, 0.2) is 72.9 Å². The Labute approximate surface area is 306 Å². The van der Waals surface area contributed by atoms with E-state index in [2.05, 4.69) is 74.6 Å². The number of phosphoric acid groups is 1. The fraction of sp³-hybridized carbons (Fsp3) is 0.683. The minimum absolute atomic E-state index is 0.00501. The fourth-order valence-corrected chi connectivity index (χ4v) is 5.28. The normalized spacial score (nSPS) is 14.8. The monoisotopic (exact) mass is 722 g/mol. The van der Waals surface area contributed by atoms with Crippen molar-refractivity contribution >= 4 is 13.8 Å². The number of esters is 1. The third-order valence-corrected chi connectivity index (χ3v) is 8.49. The largest absolute Gasteiger partial charge is 0.756 e. The molecule has 0 aromatic heterocycles. The molecule has 0 bridgehead atoms. The van der Waals surface area contributed by atoms with Crippen LogP contribution in [0.25, 0.3) is 0 Å². The summed E-state index contributed by atoms with van der Waals surface area (Å²) in [5.74, 6) is -0.467. The highest BCUT2D eigenvalue weighted by molar-refractivity contribution is 7.45. The topological polar surface area (TPSA) is 94.1 Å². The van der Waals surface area contributed by atoms with E-state index >= 15 is 0 Å². The molecular formula is C41H72NO7P. The lowest BCUT2D eigenvalue weighted by Crippen LogP contribution is -2.37. The van der Waals surface area contributed by atoms with Crippen molar-refractivity contribution in [1.82, 2.24) is 0 Å². The maximum atomic E-state index is 12.5. The molecule has 50 heavy (non-hydrogen) atoms. The first-order valence-electron chi connectivity index (χ1n) is 19.2. The van der Waals surface area contributed by atoms with Crippen molar-refractivity contribution < 1.29 is 37.3 Å². The second-order valence-electron chi connectivity index (χ2n) is 13.6. The third-order valence-electron chi connectivity index (χ3n) is 7.52. The van der Waals surface area contributed by atoms with Gasteiger partial charge in [0, 0.05) is 6.61 Å². The van der Waals surface area contributed by atoms with Gasteiger partial charge < -0.3 is 27.9 Å². The number of carbonyl (C=O) groups excluding carboxylic acids is 1. The maximum Gasteiger partial charge on any atom is 0.310 e. The number of allylic oxidation sites excluding steroid dienone is 11. The van der Waals surface area contributed by atoms with Gasteiger partial charge in [-0.3, -0.25) is 9.36 Å². The van der Waals surface area contributed by atoms with E-state index < -0.39 is 19.9 Å². The molecule has 0 heterocycles. The fourth-order valence-electron chi connectivity index (χ4n) is 4.55. The Morgan fingerprint density at radius 2 is 1.16 bits per heavy atom. The summed E-state index contributed by atoms with van der Waals surface area (Å²) in [5, 5.41) is 0. The highest BCUT2D eigenvalue weighted by Gasteiger charge is 2.20. The summed E-state index contributed by atoms with van der Waals surface area (Å²) in [4.78, 5) is 24.9. The minimum Gasteiger partial charge on any atom is -0.756 e. The van der Waals surface area contributed by atoms with Crippen LogP contribution < -0.4 is 4.89 Å². The molecule has 0 spiro atoms. The number of unbranched alkanes of at least 4 members (excludes halogenated alkanes) is 9. The summed E-state index contributed by atoms with van der Waals surface area (Å²) in [6, 6.07) is 0. The van der Waals surface area contributed by atoms with Gasteiger partial charge >= 0.3 is 5.97 Å². The predicted molar refractivity (Wildman–Crippen MR) is 208 cm³/mol. The average Bonchev–Trinajstić information content (AvgIpc) is 3.06. The average molecular weight is 722 g/mol. The zero-order valence-electron chi connectivity index (χ0n) is 32.3. The van der Waals surface area contributed by atoms with E-state index in [0.29, 0.717) is 24.1 Å². The van der Waals surface area contributed by atoms with E-state index in [-0.39, 0.29) is 26.2 Å². The minimum atomic E-state index is -4.55. The summed E-state index contributed by atoms with van der Waals surface area (Å²) >= 11 is 0. The van der Waals surface area contributed by atoms with Crippen LogP contribution in [0.1, 0.15) is 123 Å². The SMILES string of the molecule is CC/C=C\C/C=C\C/C=C\C/C=C\C/C=C\CC(=O)OC(COCCCCCCCC/C=C\CCCCC)COP(=O)([O-])OCC[N+](C)(C)C. The quantitative estimate of drug-likeness (QED) is 0.0215. The number of quaternary nitrogens is 1. The molecule has 9 heteroatoms. The van der Waals surface area contributed by atoms with Crippen molar-refractivity contribution in [1.29, 1.82) is 0 Å². The lowest BCUT2D eigenvalue weighted by Gasteiger charge is -2.28. The standard InChI is InChI=1S/C41H72NO7P/c1-6-8-10-12-14-16-18-20-21-22-24-26-28-30-32-34-41(43)49-40(39-48-50(44,45)47-37-35-42(3,4)5)38-46-36-33-31-29-27-25-23-19-17-15-13-11-9-7-2/h8,10,14-17,20-21,24,26,30,32,40H,6-7,9,11-13,18-19,22-23,25,27-29,31,33-39H2,1-5H3/b10-8-,16-14-,17-15-,21-20-,26-24-,32-30-. The Morgan fingerprint density at radius 3 is 1.72 bits per heavy atom. The molecule has 0 aromatic carbocycles. The first kappa shape index (κ1) is 47.9. The first-order chi connectivity index (χ1) is 24.1. The molecular weight excluding hydrogens is 649 g/mol. The molecule has 0 rings (SSSR count). The summed E-state index contributed by atoms with van der Waals surface area (Å²) in [6.45, 7) is 5.09. The molecule has 0 aliphatic rings. The highest BCUT2D eigenvalue weighted by atomic mass is 31.2. The molecule has 2 unspecified atom stereocenters. The second kappa shape index (κ2) is 34.0. The molecule has 0 aromatic rings. The van der Waals surface area contributed by atoms with Gasteiger partial charge in [0.15, 0.2) is 0 Å². The number of hydrogen-bond acceptors (Lipinski definition) is 7. The van der Waals surface area contributed by atoms with Gasteiger partial charge in [0.1, 0.15) is 19.3 Å². The van der Waals surface area contributed by atoms with Crippen molar-refractivity contribution in [3.63, 3.8) is 0 Å². The van der Waals surface area contributed by atoms with Crippen LogP contribution in [-0.2, 0) is 27.9 Å². The lowest BCUT2D eigenvalue weighted by molar-refractivity contribution is -0.870. The van der Waals surface area contributed by atoms with Crippen molar-refractivity contribution in [2.75, 3.05) is 54.1 Å². The highest BCUT2D eigenvalue weighted by Crippen LogP contribution is 2.38. The van der Waals surface area contributed by atoms with E-state index in [1.807, 2.05) is 27.2 Å². The smallest absolute Gasteiger partial charge is 0.310 e. The summed E-state index contributed by atoms with van der Waals surface area (Å²) in [5.41, 5.74) is 0. The Balaban J connectivity index is 4.49. The molecule has 0 saturated carbocycles. The molecule has 0 fully saturated rings. The number of rotatable bonds is 34. The van der Waals surface area contributed by atoms with Gasteiger partial charge in [-0.2, -0.15) is 0 Å². The molecule has 0 aliphatic heterocycles. The molecule has 0 N–H and O–H groups in total. The number of phosphoric ester groups is 1. The van der Waals surface area contributed by atoms with Gasteiger partial charge in [0.2, 0.25) is 0 Å². The van der Waals surface area contributed by atoms with E-state index in [1.165, 1.54) is 44.9 Å². The van der Waals surface area contributed by atoms with E-state index in [9.17, 15) is 14.3 Å². The molecule has 8 nitrogen and oxygen atoms in total. The van der Waals surface area contributed by atoms with Crippen molar-refractivity contribution in [3.8, 4) is 0 Å². The number of hydrogen-bond donors (Lipinski definition) is 0. The molecule has 2 atom stereocenters. The third kappa shape index (κ3) is 37.2. The number of carbonyl (C=O) groups is 1. The van der Waals surface area contributed by atoms with Gasteiger partial charge in [-0.15, -0.1) is 0 Å². The predicted octanol–water partition coefficient (Wildman–Crippen LogP) is 10.1. The molecule has 0 aliphatic carbocycles. The summed E-state index contributed by atoms with van der Waals surface area (Å²) < 4.78 is 34.3. The van der Waals surface area contributed by atoms with E-state index in [0.717, 1.165) is 51.4 Å². The van der Waals surface area contributed by atoms with Crippen LogP contribution in [0.5, 0.6) is 0 Å². The first-order valence-corrected chi connectivity index (χ1v) is 20.6. The van der Waals surface area contributed by atoms with Gasteiger partial charge in [-0.05, 0) is 64.2 Å². The van der Waals surface area contributed by atoms with Crippen LogP contribution in [0.2, 0.25) is 0 Å². The van der Waals surface area contributed by atoms with Gasteiger partial charge in [0.05, 0.1) is 40.8 Å². The van der Waals surface area contributed by atoms with Crippen LogP contribution >= 0.6 is 7.82 Å².